The number of nitrogens with zero attached hydrogens (tertiary/aromatic N) is 1. The quantitative estimate of drug-likeness (QED) is 0.600. The van der Waals surface area contributed by atoms with Crippen LogP contribution in [0.5, 0.6) is 0 Å². The Labute approximate surface area is 135 Å². The van der Waals surface area contributed by atoms with Crippen molar-refractivity contribution in [1.29, 1.82) is 0 Å². The van der Waals surface area contributed by atoms with Crippen molar-refractivity contribution in [3.8, 4) is 0 Å². The number of rotatable bonds is 3. The van der Waals surface area contributed by atoms with Crippen LogP contribution in [0.2, 0.25) is 5.02 Å². The highest BCUT2D eigenvalue weighted by atomic mass is 127. The van der Waals surface area contributed by atoms with Crippen LogP contribution in [0.4, 0.5) is 11.5 Å². The second-order valence-electron chi connectivity index (χ2n) is 3.96. The lowest BCUT2D eigenvalue weighted by molar-refractivity contribution is 1.26. The van der Waals surface area contributed by atoms with Crippen LogP contribution >= 0.6 is 46.4 Å². The molecule has 98 valence electrons. The summed E-state index contributed by atoms with van der Waals surface area (Å²) in [5.41, 5.74) is 8.25. The fraction of sp³-hybridized carbons (Fsp3) is 0.0769. The van der Waals surface area contributed by atoms with Gasteiger partial charge in [0.15, 0.2) is 0 Å². The first-order valence-electron chi connectivity index (χ1n) is 5.46. The highest BCUT2D eigenvalue weighted by Crippen LogP contribution is 2.28. The molecule has 0 spiro atoms. The average Bonchev–Trinajstić information content (AvgIpc) is 2.32. The average molecular weight is 404 g/mol. The van der Waals surface area contributed by atoms with E-state index >= 15 is 0 Å². The second-order valence-corrected chi connectivity index (χ2v) is 6.06. The standard InChI is InChI=1S/C13H11ClIN3S/c1-7-4-5-17-13(11(7)12(16)19)18-10-3-2-8(15)6-9(10)14/h2-6H,1H3,(H2,16,19)(H,17,18). The Bertz CT molecular complexity index is 646. The number of benzene rings is 1. The lowest BCUT2D eigenvalue weighted by Crippen LogP contribution is -2.14. The molecule has 0 saturated carbocycles. The fourth-order valence-corrected chi connectivity index (χ4v) is 2.84. The van der Waals surface area contributed by atoms with Crippen molar-refractivity contribution < 1.29 is 0 Å². The Balaban J connectivity index is 2.44. The molecule has 1 aromatic carbocycles. The first kappa shape index (κ1) is 14.5. The van der Waals surface area contributed by atoms with Gasteiger partial charge in [0, 0.05) is 9.77 Å². The molecule has 0 atom stereocenters. The number of hydrogen-bond acceptors (Lipinski definition) is 3. The molecule has 0 aliphatic carbocycles. The number of pyridine rings is 1. The molecule has 0 radical (unpaired) electrons. The molecule has 19 heavy (non-hydrogen) atoms. The molecular formula is C13H11ClIN3S. The van der Waals surface area contributed by atoms with Crippen molar-refractivity contribution in [2.45, 2.75) is 6.92 Å². The smallest absolute Gasteiger partial charge is 0.140 e. The number of thiocarbonyl (C=S) groups is 1. The summed E-state index contributed by atoms with van der Waals surface area (Å²) < 4.78 is 1.07. The monoisotopic (exact) mass is 403 g/mol. The lowest BCUT2D eigenvalue weighted by atomic mass is 10.1. The van der Waals surface area contributed by atoms with Gasteiger partial charge in [-0.15, -0.1) is 0 Å². The number of hydrogen-bond donors (Lipinski definition) is 2. The van der Waals surface area contributed by atoms with Gasteiger partial charge in [-0.3, -0.25) is 0 Å². The molecule has 0 aliphatic heterocycles. The Hall–Kier alpha value is -0.920. The van der Waals surface area contributed by atoms with Crippen LogP contribution in [0.3, 0.4) is 0 Å². The summed E-state index contributed by atoms with van der Waals surface area (Å²) in [5.74, 6) is 0.621. The van der Waals surface area contributed by atoms with Crippen LogP contribution in [0.1, 0.15) is 11.1 Å². The minimum absolute atomic E-state index is 0.315. The van der Waals surface area contributed by atoms with E-state index in [1.165, 1.54) is 0 Å². The minimum atomic E-state index is 0.315. The summed E-state index contributed by atoms with van der Waals surface area (Å²) >= 11 is 13.5. The normalized spacial score (nSPS) is 10.3. The molecule has 3 nitrogen and oxygen atoms in total. The molecule has 1 aromatic heterocycles. The number of aromatic nitrogens is 1. The van der Waals surface area contributed by atoms with Gasteiger partial charge in [0.2, 0.25) is 0 Å². The molecule has 0 saturated heterocycles. The summed E-state index contributed by atoms with van der Waals surface area (Å²) in [7, 11) is 0. The van der Waals surface area contributed by atoms with E-state index in [-0.39, 0.29) is 0 Å². The number of aryl methyl sites for hydroxylation is 1. The Kier molecular flexibility index (Phi) is 4.59. The Morgan fingerprint density at radius 2 is 2.16 bits per heavy atom. The fourth-order valence-electron chi connectivity index (χ4n) is 1.68. The summed E-state index contributed by atoms with van der Waals surface area (Å²) in [6.45, 7) is 1.94. The zero-order valence-corrected chi connectivity index (χ0v) is 13.8. The van der Waals surface area contributed by atoms with Crippen LogP contribution in [-0.2, 0) is 0 Å². The van der Waals surface area contributed by atoms with Gasteiger partial charge in [-0.05, 0) is 59.3 Å². The molecule has 2 aromatic rings. The SMILES string of the molecule is Cc1ccnc(Nc2ccc(I)cc2Cl)c1C(N)=S. The maximum Gasteiger partial charge on any atom is 0.140 e. The molecular weight excluding hydrogens is 393 g/mol. The molecule has 0 amide bonds. The number of anilines is 2. The predicted molar refractivity (Wildman–Crippen MR) is 92.3 cm³/mol. The first-order valence-corrected chi connectivity index (χ1v) is 7.33. The van der Waals surface area contributed by atoms with Gasteiger partial charge in [-0.25, -0.2) is 4.98 Å². The van der Waals surface area contributed by atoms with E-state index in [0.717, 1.165) is 20.4 Å². The molecule has 2 rings (SSSR count). The summed E-state index contributed by atoms with van der Waals surface area (Å²) in [5, 5.41) is 3.81. The van der Waals surface area contributed by atoms with E-state index in [0.29, 0.717) is 15.8 Å². The largest absolute Gasteiger partial charge is 0.389 e. The molecule has 0 fully saturated rings. The maximum atomic E-state index is 6.19. The molecule has 0 aliphatic rings. The Morgan fingerprint density at radius 3 is 2.79 bits per heavy atom. The molecule has 1 heterocycles. The number of halogens is 2. The molecule has 0 unspecified atom stereocenters. The number of nitrogens with one attached hydrogen (secondary N) is 1. The van der Waals surface area contributed by atoms with Gasteiger partial charge in [0.1, 0.15) is 10.8 Å². The third-order valence-electron chi connectivity index (χ3n) is 2.59. The van der Waals surface area contributed by atoms with Crippen LogP contribution in [0.15, 0.2) is 30.5 Å². The third-order valence-corrected chi connectivity index (χ3v) is 3.78. The summed E-state index contributed by atoms with van der Waals surface area (Å²) in [6.07, 6.45) is 1.71. The highest BCUT2D eigenvalue weighted by molar-refractivity contribution is 14.1. The van der Waals surface area contributed by atoms with Crippen molar-refractivity contribution in [3.05, 3.63) is 50.2 Å². The van der Waals surface area contributed by atoms with Crippen molar-refractivity contribution in [1.82, 2.24) is 4.98 Å². The number of nitrogens with two attached hydrogens (primary N) is 1. The van der Waals surface area contributed by atoms with Gasteiger partial charge >= 0.3 is 0 Å². The van der Waals surface area contributed by atoms with Crippen molar-refractivity contribution in [3.63, 3.8) is 0 Å². The second kappa shape index (κ2) is 6.02. The van der Waals surface area contributed by atoms with Gasteiger partial charge in [0.05, 0.1) is 16.3 Å². The van der Waals surface area contributed by atoms with E-state index in [4.69, 9.17) is 29.6 Å². The summed E-state index contributed by atoms with van der Waals surface area (Å²) in [4.78, 5) is 4.60. The zero-order valence-electron chi connectivity index (χ0n) is 10.1. The van der Waals surface area contributed by atoms with Crippen LogP contribution in [-0.4, -0.2) is 9.97 Å². The van der Waals surface area contributed by atoms with Crippen LogP contribution in [0.25, 0.3) is 0 Å². The minimum Gasteiger partial charge on any atom is -0.389 e. The van der Waals surface area contributed by atoms with Gasteiger partial charge < -0.3 is 11.1 Å². The van der Waals surface area contributed by atoms with E-state index in [1.807, 2.05) is 31.2 Å². The first-order chi connectivity index (χ1) is 8.99. The van der Waals surface area contributed by atoms with E-state index in [9.17, 15) is 0 Å². The van der Waals surface area contributed by atoms with Crippen molar-refractivity contribution in [2.24, 2.45) is 5.73 Å². The Morgan fingerprint density at radius 1 is 1.42 bits per heavy atom. The van der Waals surface area contributed by atoms with E-state index < -0.39 is 0 Å². The van der Waals surface area contributed by atoms with Crippen molar-refractivity contribution in [2.75, 3.05) is 5.32 Å². The van der Waals surface area contributed by atoms with Crippen LogP contribution < -0.4 is 11.1 Å². The lowest BCUT2D eigenvalue weighted by Gasteiger charge is -2.13. The predicted octanol–water partition coefficient (Wildman–Crippen LogP) is 4.03. The van der Waals surface area contributed by atoms with Crippen LogP contribution in [0, 0.1) is 10.5 Å². The third kappa shape index (κ3) is 3.34. The molecule has 0 bridgehead atoms. The topological polar surface area (TPSA) is 50.9 Å². The van der Waals surface area contributed by atoms with E-state index in [2.05, 4.69) is 32.9 Å². The van der Waals surface area contributed by atoms with Gasteiger partial charge in [-0.1, -0.05) is 23.8 Å². The molecule has 3 N–H and O–H groups in total. The molecule has 6 heteroatoms. The summed E-state index contributed by atoms with van der Waals surface area (Å²) in [6, 6.07) is 7.61. The van der Waals surface area contributed by atoms with E-state index in [1.54, 1.807) is 6.20 Å². The zero-order chi connectivity index (χ0) is 14.0. The highest BCUT2D eigenvalue weighted by Gasteiger charge is 2.11. The van der Waals surface area contributed by atoms with Crippen molar-refractivity contribution >= 4 is 62.9 Å². The van der Waals surface area contributed by atoms with Gasteiger partial charge in [-0.2, -0.15) is 0 Å². The maximum absolute atomic E-state index is 6.19. The van der Waals surface area contributed by atoms with Gasteiger partial charge in [0.25, 0.3) is 0 Å².